The number of fused-ring (bicyclic) bond motifs is 5. The van der Waals surface area contributed by atoms with Crippen molar-refractivity contribution in [2.24, 2.45) is 5.92 Å². The number of carbonyl (C=O) groups is 1. The van der Waals surface area contributed by atoms with Crippen molar-refractivity contribution in [1.82, 2.24) is 24.2 Å². The standard InChI is InChI=1S/C16H25N5O5S/c1-10-17-14(26-18-10)6-15(22)20-8-12-11-7-21(5-4-19(2)3)27(23,24)16(11)13(9-20)25-12/h11-13,16H,4-9H2,1-3H3. The summed E-state index contributed by atoms with van der Waals surface area (Å²) in [4.78, 5) is 20.3. The van der Waals surface area contributed by atoms with Gasteiger partial charge in [-0.2, -0.15) is 9.29 Å². The molecule has 2 bridgehead atoms. The smallest absolute Gasteiger partial charge is 0.236 e. The van der Waals surface area contributed by atoms with Crippen molar-refractivity contribution in [2.45, 2.75) is 30.8 Å². The Balaban J connectivity index is 1.44. The summed E-state index contributed by atoms with van der Waals surface area (Å²) in [7, 11) is 0.436. The first-order valence-corrected chi connectivity index (χ1v) is 10.6. The fraction of sp³-hybridized carbons (Fsp3) is 0.812. The second-order valence-electron chi connectivity index (χ2n) is 7.76. The van der Waals surface area contributed by atoms with E-state index in [9.17, 15) is 13.2 Å². The van der Waals surface area contributed by atoms with Gasteiger partial charge in [-0.25, -0.2) is 8.42 Å². The van der Waals surface area contributed by atoms with Crippen molar-refractivity contribution in [2.75, 3.05) is 46.8 Å². The molecule has 3 fully saturated rings. The zero-order valence-corrected chi connectivity index (χ0v) is 16.6. The number of likely N-dealkylation sites (tertiary alicyclic amines) is 1. The van der Waals surface area contributed by atoms with Gasteiger partial charge < -0.3 is 19.1 Å². The Kier molecular flexibility index (Phi) is 4.73. The Morgan fingerprint density at radius 2 is 2.00 bits per heavy atom. The van der Waals surface area contributed by atoms with E-state index in [0.717, 1.165) is 0 Å². The molecule has 0 saturated carbocycles. The SMILES string of the molecule is Cc1noc(CC(=O)N2CC3OC(C2)C2C3CN(CCN(C)C)S2(=O)=O)n1. The first-order valence-electron chi connectivity index (χ1n) is 9.12. The lowest BCUT2D eigenvalue weighted by atomic mass is 10.00. The van der Waals surface area contributed by atoms with E-state index in [2.05, 4.69) is 10.1 Å². The molecule has 0 N–H and O–H groups in total. The lowest BCUT2D eigenvalue weighted by molar-refractivity contribution is -0.140. The van der Waals surface area contributed by atoms with Gasteiger partial charge in [0.15, 0.2) is 5.82 Å². The van der Waals surface area contributed by atoms with Crippen LogP contribution in [0, 0.1) is 12.8 Å². The van der Waals surface area contributed by atoms with Gasteiger partial charge in [-0.15, -0.1) is 0 Å². The number of carbonyl (C=O) groups excluding carboxylic acids is 1. The van der Waals surface area contributed by atoms with Crippen LogP contribution in [0.3, 0.4) is 0 Å². The fourth-order valence-corrected chi connectivity index (χ4v) is 6.55. The molecular weight excluding hydrogens is 374 g/mol. The fourth-order valence-electron chi connectivity index (χ4n) is 4.26. The lowest BCUT2D eigenvalue weighted by Gasteiger charge is -2.34. The van der Waals surface area contributed by atoms with Crippen LogP contribution in [0.2, 0.25) is 0 Å². The van der Waals surface area contributed by atoms with Gasteiger partial charge in [0, 0.05) is 38.6 Å². The maximum atomic E-state index is 13.0. The van der Waals surface area contributed by atoms with Crippen molar-refractivity contribution < 1.29 is 22.5 Å². The number of aryl methyl sites for hydroxylation is 1. The zero-order valence-electron chi connectivity index (χ0n) is 15.7. The van der Waals surface area contributed by atoms with E-state index in [-0.39, 0.29) is 36.8 Å². The monoisotopic (exact) mass is 399 g/mol. The summed E-state index contributed by atoms with van der Waals surface area (Å²) in [5.74, 6) is 0.529. The normalized spacial score (nSPS) is 32.2. The van der Waals surface area contributed by atoms with E-state index < -0.39 is 21.4 Å². The molecule has 4 atom stereocenters. The first kappa shape index (κ1) is 18.8. The number of nitrogens with zero attached hydrogens (tertiary/aromatic N) is 5. The van der Waals surface area contributed by atoms with E-state index >= 15 is 0 Å². The van der Waals surface area contributed by atoms with Crippen LogP contribution in [0.1, 0.15) is 11.7 Å². The largest absolute Gasteiger partial charge is 0.369 e. The average molecular weight is 399 g/mol. The first-order chi connectivity index (χ1) is 12.8. The van der Waals surface area contributed by atoms with Gasteiger partial charge in [0.25, 0.3) is 0 Å². The van der Waals surface area contributed by atoms with Crippen LogP contribution < -0.4 is 0 Å². The number of sulfonamides is 1. The van der Waals surface area contributed by atoms with Crippen molar-refractivity contribution >= 4 is 15.9 Å². The van der Waals surface area contributed by atoms with Crippen molar-refractivity contribution in [1.29, 1.82) is 0 Å². The summed E-state index contributed by atoms with van der Waals surface area (Å²) in [5.41, 5.74) is 0. The van der Waals surface area contributed by atoms with E-state index in [1.807, 2.05) is 19.0 Å². The maximum absolute atomic E-state index is 13.0. The average Bonchev–Trinajstić information content (AvgIpc) is 3.19. The van der Waals surface area contributed by atoms with Crippen LogP contribution >= 0.6 is 0 Å². The van der Waals surface area contributed by atoms with Crippen LogP contribution in [-0.2, 0) is 26.0 Å². The molecule has 0 radical (unpaired) electrons. The minimum absolute atomic E-state index is 0.0251. The molecule has 4 heterocycles. The molecule has 4 rings (SSSR count). The number of hydrogen-bond acceptors (Lipinski definition) is 8. The molecule has 4 unspecified atom stereocenters. The van der Waals surface area contributed by atoms with Gasteiger partial charge in [-0.3, -0.25) is 4.79 Å². The number of ether oxygens (including phenoxy) is 1. The topological polar surface area (TPSA) is 109 Å². The van der Waals surface area contributed by atoms with Crippen molar-refractivity contribution in [3.05, 3.63) is 11.7 Å². The molecule has 27 heavy (non-hydrogen) atoms. The summed E-state index contributed by atoms with van der Waals surface area (Å²) >= 11 is 0. The second kappa shape index (κ2) is 6.80. The summed E-state index contributed by atoms with van der Waals surface area (Å²) in [5, 5.41) is 3.13. The Bertz CT molecular complexity index is 825. The molecule has 0 aromatic carbocycles. The van der Waals surface area contributed by atoms with Crippen LogP contribution in [0.5, 0.6) is 0 Å². The number of aromatic nitrogens is 2. The van der Waals surface area contributed by atoms with Crippen molar-refractivity contribution in [3.63, 3.8) is 0 Å². The van der Waals surface area contributed by atoms with Gasteiger partial charge in [0.05, 0.1) is 12.2 Å². The Labute approximate surface area is 158 Å². The summed E-state index contributed by atoms with van der Waals surface area (Å²) < 4.78 is 38.5. The highest BCUT2D eigenvalue weighted by atomic mass is 32.2. The predicted octanol–water partition coefficient (Wildman–Crippen LogP) is -1.28. The number of rotatable bonds is 5. The molecule has 11 heteroatoms. The van der Waals surface area contributed by atoms with Gasteiger partial charge in [0.2, 0.25) is 21.8 Å². The number of hydrogen-bond donors (Lipinski definition) is 0. The highest BCUT2D eigenvalue weighted by molar-refractivity contribution is 7.90. The third-order valence-electron chi connectivity index (χ3n) is 5.56. The van der Waals surface area contributed by atoms with Gasteiger partial charge in [-0.05, 0) is 21.0 Å². The highest BCUT2D eigenvalue weighted by Gasteiger charge is 2.60. The lowest BCUT2D eigenvalue weighted by Crippen LogP contribution is -2.50. The molecule has 3 aliphatic heterocycles. The molecule has 150 valence electrons. The molecular formula is C16H25N5O5S. The molecule has 3 aliphatic rings. The highest BCUT2D eigenvalue weighted by Crippen LogP contribution is 2.43. The molecule has 0 aliphatic carbocycles. The Morgan fingerprint density at radius 3 is 2.67 bits per heavy atom. The second-order valence-corrected chi connectivity index (χ2v) is 9.85. The summed E-state index contributed by atoms with van der Waals surface area (Å²) in [6, 6.07) is 0. The summed E-state index contributed by atoms with van der Waals surface area (Å²) in [6.07, 6.45) is -0.699. The molecule has 3 saturated heterocycles. The summed E-state index contributed by atoms with van der Waals surface area (Å²) in [6.45, 7) is 4.02. The predicted molar refractivity (Wildman–Crippen MR) is 94.3 cm³/mol. The molecule has 1 aromatic rings. The zero-order chi connectivity index (χ0) is 19.3. The third-order valence-corrected chi connectivity index (χ3v) is 7.95. The Hall–Kier alpha value is -1.56. The number of amides is 1. The third kappa shape index (κ3) is 3.37. The van der Waals surface area contributed by atoms with Crippen LogP contribution in [0.25, 0.3) is 0 Å². The van der Waals surface area contributed by atoms with Gasteiger partial charge >= 0.3 is 0 Å². The molecule has 1 amide bonds. The van der Waals surface area contributed by atoms with Crippen LogP contribution in [0.15, 0.2) is 4.52 Å². The minimum Gasteiger partial charge on any atom is -0.369 e. The van der Waals surface area contributed by atoms with Gasteiger partial charge in [0.1, 0.15) is 11.7 Å². The van der Waals surface area contributed by atoms with Gasteiger partial charge in [-0.1, -0.05) is 5.16 Å². The van der Waals surface area contributed by atoms with Crippen molar-refractivity contribution in [3.8, 4) is 0 Å². The molecule has 1 aromatic heterocycles. The number of likely N-dealkylation sites (N-methyl/N-ethyl adjacent to an activating group) is 1. The quantitative estimate of drug-likeness (QED) is 0.602. The maximum Gasteiger partial charge on any atom is 0.236 e. The minimum atomic E-state index is -3.42. The van der Waals surface area contributed by atoms with E-state index in [1.54, 1.807) is 16.1 Å². The molecule has 0 spiro atoms. The van der Waals surface area contributed by atoms with E-state index in [4.69, 9.17) is 9.26 Å². The Morgan fingerprint density at radius 1 is 1.26 bits per heavy atom. The van der Waals surface area contributed by atoms with E-state index in [0.29, 0.717) is 32.0 Å². The number of morpholine rings is 1. The van der Waals surface area contributed by atoms with Crippen LogP contribution in [-0.4, -0.2) is 103 Å². The van der Waals surface area contributed by atoms with Crippen LogP contribution in [0.4, 0.5) is 0 Å². The molecule has 10 nitrogen and oxygen atoms in total. The van der Waals surface area contributed by atoms with E-state index in [1.165, 1.54) is 0 Å².